The molecule has 1 aliphatic rings. The molecule has 37 heavy (non-hydrogen) atoms. The van der Waals surface area contributed by atoms with Crippen LogP contribution in [0, 0.1) is 0 Å². The van der Waals surface area contributed by atoms with Gasteiger partial charge in [0.25, 0.3) is 5.91 Å². The molecule has 1 aliphatic heterocycles. The van der Waals surface area contributed by atoms with Crippen LogP contribution in [0.25, 0.3) is 23.0 Å². The second-order valence-electron chi connectivity index (χ2n) is 8.70. The summed E-state index contributed by atoms with van der Waals surface area (Å²) in [5.41, 5.74) is 4.52. The minimum Gasteiger partial charge on any atom is -0.494 e. The van der Waals surface area contributed by atoms with Crippen molar-refractivity contribution in [2.45, 2.75) is 26.3 Å². The van der Waals surface area contributed by atoms with Gasteiger partial charge in [0.05, 0.1) is 23.7 Å². The maximum atomic E-state index is 13.4. The number of nitrogens with zero attached hydrogens (tertiary/aromatic N) is 3. The Balaban J connectivity index is 1.50. The molecule has 1 saturated heterocycles. The van der Waals surface area contributed by atoms with Gasteiger partial charge in [0, 0.05) is 17.3 Å². The third-order valence-electron chi connectivity index (χ3n) is 5.98. The molecule has 0 spiro atoms. The van der Waals surface area contributed by atoms with Crippen molar-refractivity contribution in [3.63, 3.8) is 0 Å². The molecule has 3 aromatic carbocycles. The third-order valence-corrected chi connectivity index (χ3v) is 7.36. The fourth-order valence-corrected chi connectivity index (χ4v) is 5.29. The Bertz CT molecular complexity index is 1430. The van der Waals surface area contributed by atoms with Crippen LogP contribution >= 0.6 is 24.0 Å². The van der Waals surface area contributed by atoms with Gasteiger partial charge in [0.1, 0.15) is 15.8 Å². The summed E-state index contributed by atoms with van der Waals surface area (Å²) in [4.78, 5) is 15.6. The first-order valence-corrected chi connectivity index (χ1v) is 13.5. The van der Waals surface area contributed by atoms with E-state index in [-0.39, 0.29) is 5.91 Å². The van der Waals surface area contributed by atoms with Gasteiger partial charge in [-0.2, -0.15) is 5.10 Å². The fourth-order valence-electron chi connectivity index (χ4n) is 4.04. The highest BCUT2D eigenvalue weighted by Gasteiger charge is 2.32. The minimum absolute atomic E-state index is 0.0890. The van der Waals surface area contributed by atoms with Crippen molar-refractivity contribution in [2.24, 2.45) is 0 Å². The standard InChI is InChI=1S/C30H27N3O2S2/c1-2-3-17-35-26-16-10-13-23(18-26)28-24(21-33(31-28)25-14-8-5-9-15-25)19-27-29(34)32(30(36)37-27)20-22-11-6-4-7-12-22/h4-16,18-19,21H,2-3,17,20H2,1H3. The van der Waals surface area contributed by atoms with Gasteiger partial charge in [0.2, 0.25) is 0 Å². The zero-order valence-electron chi connectivity index (χ0n) is 20.5. The molecule has 5 rings (SSSR count). The lowest BCUT2D eigenvalue weighted by molar-refractivity contribution is -0.122. The van der Waals surface area contributed by atoms with E-state index in [0.717, 1.165) is 46.7 Å². The number of thiocarbonyl (C=S) groups is 1. The second kappa shape index (κ2) is 11.6. The van der Waals surface area contributed by atoms with Gasteiger partial charge in [-0.15, -0.1) is 0 Å². The lowest BCUT2D eigenvalue weighted by Crippen LogP contribution is -2.27. The molecule has 0 bridgehead atoms. The topological polar surface area (TPSA) is 47.4 Å². The van der Waals surface area contributed by atoms with Crippen molar-refractivity contribution in [3.05, 3.63) is 107 Å². The fraction of sp³-hybridized carbons (Fsp3) is 0.167. The molecule has 1 fully saturated rings. The molecule has 0 N–H and O–H groups in total. The van der Waals surface area contributed by atoms with Crippen molar-refractivity contribution >= 4 is 40.3 Å². The van der Waals surface area contributed by atoms with Gasteiger partial charge in [-0.05, 0) is 42.3 Å². The van der Waals surface area contributed by atoms with E-state index in [1.54, 1.807) is 4.90 Å². The predicted molar refractivity (Wildman–Crippen MR) is 155 cm³/mol. The lowest BCUT2D eigenvalue weighted by Gasteiger charge is -2.14. The first kappa shape index (κ1) is 25.0. The number of para-hydroxylation sites is 1. The lowest BCUT2D eigenvalue weighted by atomic mass is 10.1. The number of carbonyl (C=O) groups is 1. The van der Waals surface area contributed by atoms with Gasteiger partial charge in [-0.25, -0.2) is 4.68 Å². The largest absolute Gasteiger partial charge is 0.494 e. The molecule has 186 valence electrons. The number of rotatable bonds is 9. The summed E-state index contributed by atoms with van der Waals surface area (Å²) in [7, 11) is 0. The molecule has 2 heterocycles. The third kappa shape index (κ3) is 5.84. The molecule has 1 aromatic heterocycles. The first-order valence-electron chi connectivity index (χ1n) is 12.3. The first-order chi connectivity index (χ1) is 18.1. The normalized spacial score (nSPS) is 14.5. The Hall–Kier alpha value is -3.68. The Morgan fingerprint density at radius 2 is 1.76 bits per heavy atom. The molecule has 0 radical (unpaired) electrons. The minimum atomic E-state index is -0.0890. The molecule has 5 nitrogen and oxygen atoms in total. The summed E-state index contributed by atoms with van der Waals surface area (Å²) < 4.78 is 8.35. The number of carbonyl (C=O) groups excluding carboxylic acids is 1. The number of aromatic nitrogens is 2. The molecular formula is C30H27N3O2S2. The van der Waals surface area contributed by atoms with Crippen LogP contribution in [0.4, 0.5) is 0 Å². The maximum Gasteiger partial charge on any atom is 0.266 e. The summed E-state index contributed by atoms with van der Waals surface area (Å²) >= 11 is 6.90. The summed E-state index contributed by atoms with van der Waals surface area (Å²) in [6.07, 6.45) is 5.94. The van der Waals surface area contributed by atoms with E-state index in [2.05, 4.69) is 6.92 Å². The zero-order valence-corrected chi connectivity index (χ0v) is 22.2. The average molecular weight is 526 g/mol. The number of hydrogen-bond donors (Lipinski definition) is 0. The summed E-state index contributed by atoms with van der Waals surface area (Å²) in [6, 6.07) is 27.8. The SMILES string of the molecule is CCCCOc1cccc(-c2nn(-c3ccccc3)cc2C=C2SC(=S)N(Cc3ccccc3)C2=O)c1. The van der Waals surface area contributed by atoms with E-state index in [0.29, 0.717) is 22.4 Å². The molecule has 0 aliphatic carbocycles. The van der Waals surface area contributed by atoms with Gasteiger partial charge in [0.15, 0.2) is 0 Å². The van der Waals surface area contributed by atoms with Crippen molar-refractivity contribution in [1.82, 2.24) is 14.7 Å². The number of hydrogen-bond acceptors (Lipinski definition) is 5. The number of unbranched alkanes of at least 4 members (excludes halogenated alkanes) is 1. The molecule has 7 heteroatoms. The van der Waals surface area contributed by atoms with Crippen molar-refractivity contribution < 1.29 is 9.53 Å². The molecule has 0 unspecified atom stereocenters. The van der Waals surface area contributed by atoms with E-state index in [1.165, 1.54) is 11.8 Å². The quantitative estimate of drug-likeness (QED) is 0.132. The van der Waals surface area contributed by atoms with Crippen LogP contribution in [0.2, 0.25) is 0 Å². The highest BCUT2D eigenvalue weighted by Crippen LogP contribution is 2.36. The number of thioether (sulfide) groups is 1. The van der Waals surface area contributed by atoms with E-state index in [1.807, 2.05) is 102 Å². The number of amides is 1. The smallest absolute Gasteiger partial charge is 0.266 e. The summed E-state index contributed by atoms with van der Waals surface area (Å²) in [6.45, 7) is 3.27. The maximum absolute atomic E-state index is 13.4. The van der Waals surface area contributed by atoms with Crippen LogP contribution in [0.5, 0.6) is 5.75 Å². The van der Waals surface area contributed by atoms with E-state index in [4.69, 9.17) is 22.1 Å². The van der Waals surface area contributed by atoms with Gasteiger partial charge in [-0.1, -0.05) is 98.0 Å². The highest BCUT2D eigenvalue weighted by molar-refractivity contribution is 8.26. The molecule has 0 saturated carbocycles. The molecule has 1 amide bonds. The van der Waals surface area contributed by atoms with E-state index >= 15 is 0 Å². The molecule has 0 atom stereocenters. The summed E-state index contributed by atoms with van der Waals surface area (Å²) in [5, 5.41) is 4.91. The van der Waals surface area contributed by atoms with Crippen LogP contribution in [0.3, 0.4) is 0 Å². The van der Waals surface area contributed by atoms with Crippen LogP contribution < -0.4 is 4.74 Å². The van der Waals surface area contributed by atoms with Crippen LogP contribution in [0.15, 0.2) is 96.0 Å². The van der Waals surface area contributed by atoms with Crippen molar-refractivity contribution in [2.75, 3.05) is 6.61 Å². The highest BCUT2D eigenvalue weighted by atomic mass is 32.2. The summed E-state index contributed by atoms with van der Waals surface area (Å²) in [5.74, 6) is 0.717. The van der Waals surface area contributed by atoms with Crippen LogP contribution in [0.1, 0.15) is 30.9 Å². The van der Waals surface area contributed by atoms with Gasteiger partial charge in [-0.3, -0.25) is 9.69 Å². The number of ether oxygens (including phenoxy) is 1. The molecular weight excluding hydrogens is 498 g/mol. The van der Waals surface area contributed by atoms with Crippen molar-refractivity contribution in [3.8, 4) is 22.7 Å². The number of benzene rings is 3. The Kier molecular flexibility index (Phi) is 7.82. The average Bonchev–Trinajstić information content (AvgIpc) is 3.47. The van der Waals surface area contributed by atoms with E-state index in [9.17, 15) is 4.79 Å². The van der Waals surface area contributed by atoms with E-state index < -0.39 is 0 Å². The predicted octanol–water partition coefficient (Wildman–Crippen LogP) is 7.12. The monoisotopic (exact) mass is 525 g/mol. The molecule has 4 aromatic rings. The van der Waals surface area contributed by atoms with Gasteiger partial charge < -0.3 is 4.74 Å². The Morgan fingerprint density at radius 1 is 1.00 bits per heavy atom. The second-order valence-corrected chi connectivity index (χ2v) is 10.4. The van der Waals surface area contributed by atoms with Gasteiger partial charge >= 0.3 is 0 Å². The Labute approximate surface area is 226 Å². The Morgan fingerprint density at radius 3 is 2.51 bits per heavy atom. The van der Waals surface area contributed by atoms with Crippen LogP contribution in [-0.4, -0.2) is 31.5 Å². The van der Waals surface area contributed by atoms with Crippen LogP contribution in [-0.2, 0) is 11.3 Å². The van der Waals surface area contributed by atoms with Crippen molar-refractivity contribution in [1.29, 1.82) is 0 Å². The zero-order chi connectivity index (χ0) is 25.6.